The summed E-state index contributed by atoms with van der Waals surface area (Å²) in [5.41, 5.74) is 0.985. The molecule has 0 bridgehead atoms. The molecule has 1 aromatic heterocycles. The van der Waals surface area contributed by atoms with E-state index in [1.807, 2.05) is 30.3 Å². The van der Waals surface area contributed by atoms with Gasteiger partial charge in [0.25, 0.3) is 0 Å². The van der Waals surface area contributed by atoms with Gasteiger partial charge in [0.2, 0.25) is 11.7 Å². The maximum Gasteiger partial charge on any atom is 0.244 e. The predicted octanol–water partition coefficient (Wildman–Crippen LogP) is 2.06. The van der Waals surface area contributed by atoms with Crippen molar-refractivity contribution in [2.45, 2.75) is 13.0 Å². The summed E-state index contributed by atoms with van der Waals surface area (Å²) in [6.07, 6.45) is 0. The van der Waals surface area contributed by atoms with Crippen LogP contribution in [-0.2, 0) is 4.74 Å². The van der Waals surface area contributed by atoms with Crippen LogP contribution in [0, 0.1) is 0 Å². The fraction of sp³-hybridized carbons (Fsp3) is 0.529. The SMILES string of the molecule is COCCN1CCN(C(C)c2nc(-c3ccccc3)no2)CC1. The Morgan fingerprint density at radius 3 is 2.61 bits per heavy atom. The smallest absolute Gasteiger partial charge is 0.244 e. The van der Waals surface area contributed by atoms with Gasteiger partial charge in [-0.15, -0.1) is 0 Å². The maximum atomic E-state index is 5.49. The molecule has 1 atom stereocenters. The van der Waals surface area contributed by atoms with Crippen LogP contribution < -0.4 is 0 Å². The number of rotatable bonds is 6. The van der Waals surface area contributed by atoms with Crippen molar-refractivity contribution in [1.82, 2.24) is 19.9 Å². The van der Waals surface area contributed by atoms with Crippen molar-refractivity contribution in [1.29, 1.82) is 0 Å². The first-order valence-corrected chi connectivity index (χ1v) is 8.12. The number of aromatic nitrogens is 2. The van der Waals surface area contributed by atoms with Crippen molar-refractivity contribution in [3.05, 3.63) is 36.2 Å². The molecule has 0 N–H and O–H groups in total. The van der Waals surface area contributed by atoms with E-state index in [-0.39, 0.29) is 6.04 Å². The minimum Gasteiger partial charge on any atom is -0.383 e. The Morgan fingerprint density at radius 2 is 1.91 bits per heavy atom. The van der Waals surface area contributed by atoms with Crippen molar-refractivity contribution in [2.24, 2.45) is 0 Å². The number of nitrogens with zero attached hydrogens (tertiary/aromatic N) is 4. The largest absolute Gasteiger partial charge is 0.383 e. The molecule has 6 nitrogen and oxygen atoms in total. The van der Waals surface area contributed by atoms with E-state index < -0.39 is 0 Å². The molecule has 23 heavy (non-hydrogen) atoms. The van der Waals surface area contributed by atoms with Gasteiger partial charge in [-0.25, -0.2) is 0 Å². The number of methoxy groups -OCH3 is 1. The quantitative estimate of drug-likeness (QED) is 0.813. The summed E-state index contributed by atoms with van der Waals surface area (Å²) in [6.45, 7) is 8.03. The average Bonchev–Trinajstić information content (AvgIpc) is 3.11. The van der Waals surface area contributed by atoms with E-state index in [4.69, 9.17) is 9.26 Å². The average molecular weight is 316 g/mol. The van der Waals surface area contributed by atoms with Crippen LogP contribution in [0.3, 0.4) is 0 Å². The Labute approximate surface area is 137 Å². The highest BCUT2D eigenvalue weighted by molar-refractivity contribution is 5.53. The zero-order valence-electron chi connectivity index (χ0n) is 13.8. The second-order valence-corrected chi connectivity index (χ2v) is 5.87. The molecular formula is C17H24N4O2. The summed E-state index contributed by atoms with van der Waals surface area (Å²) in [5, 5.41) is 4.12. The standard InChI is InChI=1S/C17H24N4O2/c1-14(21-10-8-20(9-11-21)12-13-22-2)17-18-16(19-23-17)15-6-4-3-5-7-15/h3-7,14H,8-13H2,1-2H3. The van der Waals surface area contributed by atoms with Crippen molar-refractivity contribution < 1.29 is 9.26 Å². The lowest BCUT2D eigenvalue weighted by atomic mass is 10.2. The third-order valence-electron chi connectivity index (χ3n) is 4.40. The summed E-state index contributed by atoms with van der Waals surface area (Å²) >= 11 is 0. The van der Waals surface area contributed by atoms with Gasteiger partial charge in [-0.05, 0) is 6.92 Å². The Kier molecular flexibility index (Phi) is 5.38. The minimum absolute atomic E-state index is 0.143. The first kappa shape index (κ1) is 16.1. The lowest BCUT2D eigenvalue weighted by Crippen LogP contribution is -2.47. The van der Waals surface area contributed by atoms with Crippen molar-refractivity contribution in [3.8, 4) is 11.4 Å². The first-order chi connectivity index (χ1) is 11.3. The third-order valence-corrected chi connectivity index (χ3v) is 4.40. The molecule has 0 aliphatic carbocycles. The molecule has 6 heteroatoms. The number of piperazine rings is 1. The fourth-order valence-corrected chi connectivity index (χ4v) is 2.86. The number of hydrogen-bond acceptors (Lipinski definition) is 6. The van der Waals surface area contributed by atoms with Crippen LogP contribution in [0.15, 0.2) is 34.9 Å². The molecule has 1 aliphatic heterocycles. The zero-order chi connectivity index (χ0) is 16.1. The minimum atomic E-state index is 0.143. The topological polar surface area (TPSA) is 54.6 Å². The van der Waals surface area contributed by atoms with Gasteiger partial charge in [-0.3, -0.25) is 9.80 Å². The van der Waals surface area contributed by atoms with Gasteiger partial charge in [-0.1, -0.05) is 35.5 Å². The van der Waals surface area contributed by atoms with Gasteiger partial charge in [0.05, 0.1) is 12.6 Å². The second kappa shape index (κ2) is 7.68. The van der Waals surface area contributed by atoms with Gasteiger partial charge in [-0.2, -0.15) is 4.98 Å². The van der Waals surface area contributed by atoms with Crippen LogP contribution in [0.4, 0.5) is 0 Å². The van der Waals surface area contributed by atoms with Crippen LogP contribution in [0.5, 0.6) is 0 Å². The molecule has 2 heterocycles. The Hall–Kier alpha value is -1.76. The molecule has 2 aromatic rings. The van der Waals surface area contributed by atoms with E-state index in [2.05, 4.69) is 26.9 Å². The van der Waals surface area contributed by atoms with Gasteiger partial charge in [0, 0.05) is 45.4 Å². The predicted molar refractivity (Wildman–Crippen MR) is 88.0 cm³/mol. The van der Waals surface area contributed by atoms with Crippen molar-refractivity contribution >= 4 is 0 Å². The van der Waals surface area contributed by atoms with Gasteiger partial charge < -0.3 is 9.26 Å². The molecule has 0 spiro atoms. The molecule has 1 unspecified atom stereocenters. The van der Waals surface area contributed by atoms with E-state index in [1.165, 1.54) is 0 Å². The summed E-state index contributed by atoms with van der Waals surface area (Å²) in [5.74, 6) is 1.35. The van der Waals surface area contributed by atoms with Gasteiger partial charge >= 0.3 is 0 Å². The molecular weight excluding hydrogens is 292 g/mol. The summed E-state index contributed by atoms with van der Waals surface area (Å²) in [6, 6.07) is 10.1. The molecule has 124 valence electrons. The van der Waals surface area contributed by atoms with E-state index in [9.17, 15) is 0 Å². The highest BCUT2D eigenvalue weighted by Crippen LogP contribution is 2.23. The highest BCUT2D eigenvalue weighted by Gasteiger charge is 2.25. The number of ether oxygens (including phenoxy) is 1. The maximum absolute atomic E-state index is 5.49. The van der Waals surface area contributed by atoms with Crippen LogP contribution in [0.25, 0.3) is 11.4 Å². The van der Waals surface area contributed by atoms with Gasteiger partial charge in [0.1, 0.15) is 0 Å². The van der Waals surface area contributed by atoms with Crippen LogP contribution >= 0.6 is 0 Å². The normalized spacial score (nSPS) is 18.2. The molecule has 0 saturated carbocycles. The molecule has 1 aromatic carbocycles. The lowest BCUT2D eigenvalue weighted by Gasteiger charge is -2.36. The Bertz CT molecular complexity index is 594. The lowest BCUT2D eigenvalue weighted by molar-refractivity contribution is 0.0697. The van der Waals surface area contributed by atoms with Crippen molar-refractivity contribution in [3.63, 3.8) is 0 Å². The summed E-state index contributed by atoms with van der Waals surface area (Å²) in [7, 11) is 1.75. The van der Waals surface area contributed by atoms with Crippen molar-refractivity contribution in [2.75, 3.05) is 46.4 Å². The first-order valence-electron chi connectivity index (χ1n) is 8.12. The fourth-order valence-electron chi connectivity index (χ4n) is 2.86. The summed E-state index contributed by atoms with van der Waals surface area (Å²) < 4.78 is 10.6. The second-order valence-electron chi connectivity index (χ2n) is 5.87. The van der Waals surface area contributed by atoms with Crippen LogP contribution in [0.2, 0.25) is 0 Å². The van der Waals surface area contributed by atoms with Crippen LogP contribution in [-0.4, -0.2) is 66.4 Å². The molecule has 1 aliphatic rings. The highest BCUT2D eigenvalue weighted by atomic mass is 16.5. The number of benzene rings is 1. The molecule has 0 radical (unpaired) electrons. The van der Waals surface area contributed by atoms with E-state index in [1.54, 1.807) is 7.11 Å². The zero-order valence-corrected chi connectivity index (χ0v) is 13.8. The molecule has 0 amide bonds. The van der Waals surface area contributed by atoms with Gasteiger partial charge in [0.15, 0.2) is 0 Å². The molecule has 1 saturated heterocycles. The summed E-state index contributed by atoms with van der Waals surface area (Å²) in [4.78, 5) is 9.39. The van der Waals surface area contributed by atoms with Crippen LogP contribution in [0.1, 0.15) is 18.9 Å². The third kappa shape index (κ3) is 3.96. The number of hydrogen-bond donors (Lipinski definition) is 0. The Morgan fingerprint density at radius 1 is 1.17 bits per heavy atom. The Balaban J connectivity index is 1.59. The molecule has 3 rings (SSSR count). The monoisotopic (exact) mass is 316 g/mol. The molecule has 1 fully saturated rings. The van der Waals surface area contributed by atoms with E-state index >= 15 is 0 Å². The van der Waals surface area contributed by atoms with E-state index in [0.29, 0.717) is 11.7 Å². The van der Waals surface area contributed by atoms with E-state index in [0.717, 1.165) is 44.9 Å².